The zero-order valence-corrected chi connectivity index (χ0v) is 20.6. The first-order valence-corrected chi connectivity index (χ1v) is 12.0. The van der Waals surface area contributed by atoms with E-state index < -0.39 is 0 Å². The molecule has 6 nitrogen and oxygen atoms in total. The quantitative estimate of drug-likeness (QED) is 0.511. The number of rotatable bonds is 7. The molecule has 2 aromatic carbocycles. The van der Waals surface area contributed by atoms with Gasteiger partial charge in [-0.25, -0.2) is 9.97 Å². The molecular formula is C28H34N4O2. The normalized spacial score (nSPS) is 14.0. The lowest BCUT2D eigenvalue weighted by molar-refractivity contribution is -0.136. The maximum absolute atomic E-state index is 12.7. The smallest absolute Gasteiger partial charge is 0.248 e. The van der Waals surface area contributed by atoms with Crippen LogP contribution >= 0.6 is 0 Å². The van der Waals surface area contributed by atoms with Crippen LogP contribution in [-0.4, -0.2) is 53.6 Å². The predicted octanol–water partition coefficient (Wildman–Crippen LogP) is 4.75. The van der Waals surface area contributed by atoms with Crippen molar-refractivity contribution in [2.24, 2.45) is 0 Å². The van der Waals surface area contributed by atoms with E-state index in [1.807, 2.05) is 35.2 Å². The van der Waals surface area contributed by atoms with Crippen LogP contribution in [0.5, 0.6) is 0 Å². The van der Waals surface area contributed by atoms with Crippen molar-refractivity contribution in [2.75, 3.05) is 37.7 Å². The minimum absolute atomic E-state index is 0.0406. The van der Waals surface area contributed by atoms with Gasteiger partial charge < -0.3 is 14.5 Å². The Morgan fingerprint density at radius 1 is 0.941 bits per heavy atom. The van der Waals surface area contributed by atoms with Crippen molar-refractivity contribution < 1.29 is 9.53 Å². The van der Waals surface area contributed by atoms with Gasteiger partial charge in [-0.1, -0.05) is 74.0 Å². The summed E-state index contributed by atoms with van der Waals surface area (Å²) in [7, 11) is 0. The molecule has 1 amide bonds. The van der Waals surface area contributed by atoms with E-state index in [0.29, 0.717) is 25.6 Å². The van der Waals surface area contributed by atoms with Crippen LogP contribution in [0.2, 0.25) is 0 Å². The van der Waals surface area contributed by atoms with Crippen LogP contribution in [0.15, 0.2) is 54.6 Å². The molecule has 1 aromatic heterocycles. The summed E-state index contributed by atoms with van der Waals surface area (Å²) in [5.41, 5.74) is 5.51. The number of nitrogens with zero attached hydrogens (tertiary/aromatic N) is 4. The first kappa shape index (κ1) is 23.9. The summed E-state index contributed by atoms with van der Waals surface area (Å²) in [6.07, 6.45) is 0. The Balaban J connectivity index is 1.43. The molecule has 1 fully saturated rings. The molecule has 0 radical (unpaired) electrons. The van der Waals surface area contributed by atoms with Gasteiger partial charge in [-0.3, -0.25) is 4.79 Å². The van der Waals surface area contributed by atoms with E-state index in [9.17, 15) is 4.79 Å². The predicted molar refractivity (Wildman–Crippen MR) is 136 cm³/mol. The van der Waals surface area contributed by atoms with Crippen LogP contribution in [0.4, 0.5) is 5.82 Å². The van der Waals surface area contributed by atoms with Gasteiger partial charge in [0, 0.05) is 43.0 Å². The Hall–Kier alpha value is -3.25. The highest BCUT2D eigenvalue weighted by Gasteiger charge is 2.26. The standard InChI is InChI=1S/C28H34N4O2/c1-20(2)26-22(4)29-27(24-12-10-21(3)11-13-24)30-28(26)32-16-14-31(15-17-32)25(33)19-34-18-23-8-6-5-7-9-23/h5-13,20H,14-19H2,1-4H3. The van der Waals surface area contributed by atoms with Gasteiger partial charge >= 0.3 is 0 Å². The third kappa shape index (κ3) is 5.62. The van der Waals surface area contributed by atoms with Crippen molar-refractivity contribution >= 4 is 11.7 Å². The van der Waals surface area contributed by atoms with Gasteiger partial charge in [0.25, 0.3) is 0 Å². The molecule has 0 aliphatic carbocycles. The Kier molecular flexibility index (Phi) is 7.58. The molecule has 6 heteroatoms. The molecule has 0 atom stereocenters. The maximum Gasteiger partial charge on any atom is 0.248 e. The molecule has 1 aliphatic heterocycles. The molecule has 178 valence electrons. The van der Waals surface area contributed by atoms with Crippen LogP contribution in [0.1, 0.15) is 42.1 Å². The first-order chi connectivity index (χ1) is 16.4. The van der Waals surface area contributed by atoms with Crippen molar-refractivity contribution in [3.05, 3.63) is 77.0 Å². The molecule has 0 spiro atoms. The Morgan fingerprint density at radius 2 is 1.62 bits per heavy atom. The van der Waals surface area contributed by atoms with Gasteiger partial charge in [0.05, 0.1) is 6.61 Å². The molecule has 1 saturated heterocycles. The van der Waals surface area contributed by atoms with Crippen molar-refractivity contribution in [1.29, 1.82) is 0 Å². The third-order valence-electron chi connectivity index (χ3n) is 6.27. The van der Waals surface area contributed by atoms with Crippen molar-refractivity contribution in [3.63, 3.8) is 0 Å². The zero-order chi connectivity index (χ0) is 24.1. The zero-order valence-electron chi connectivity index (χ0n) is 20.6. The minimum Gasteiger partial charge on any atom is -0.367 e. The van der Waals surface area contributed by atoms with E-state index in [1.165, 1.54) is 11.1 Å². The molecule has 1 aliphatic rings. The number of piperazine rings is 1. The summed E-state index contributed by atoms with van der Waals surface area (Å²) >= 11 is 0. The largest absolute Gasteiger partial charge is 0.367 e. The van der Waals surface area contributed by atoms with Crippen LogP contribution in [-0.2, 0) is 16.1 Å². The second-order valence-corrected chi connectivity index (χ2v) is 9.24. The van der Waals surface area contributed by atoms with Crippen molar-refractivity contribution in [2.45, 2.75) is 40.2 Å². The molecule has 0 N–H and O–H groups in total. The molecule has 4 rings (SSSR count). The summed E-state index contributed by atoms with van der Waals surface area (Å²) < 4.78 is 5.66. The lowest BCUT2D eigenvalue weighted by Gasteiger charge is -2.37. The fraction of sp³-hybridized carbons (Fsp3) is 0.393. The molecular weight excluding hydrogens is 424 g/mol. The van der Waals surface area contributed by atoms with Gasteiger partial charge in [0.1, 0.15) is 12.4 Å². The van der Waals surface area contributed by atoms with Gasteiger partial charge in [-0.15, -0.1) is 0 Å². The number of carbonyl (C=O) groups excluding carboxylic acids is 1. The van der Waals surface area contributed by atoms with E-state index in [0.717, 1.165) is 41.6 Å². The highest BCUT2D eigenvalue weighted by Crippen LogP contribution is 2.31. The average molecular weight is 459 g/mol. The summed E-state index contributed by atoms with van der Waals surface area (Å²) in [6.45, 7) is 11.9. The van der Waals surface area contributed by atoms with Crippen molar-refractivity contribution in [1.82, 2.24) is 14.9 Å². The molecule has 0 unspecified atom stereocenters. The van der Waals surface area contributed by atoms with E-state index in [1.54, 1.807) is 0 Å². The van der Waals surface area contributed by atoms with Gasteiger partial charge in [-0.2, -0.15) is 0 Å². The highest BCUT2D eigenvalue weighted by molar-refractivity contribution is 5.77. The molecule has 34 heavy (non-hydrogen) atoms. The average Bonchev–Trinajstić information content (AvgIpc) is 2.84. The highest BCUT2D eigenvalue weighted by atomic mass is 16.5. The number of amides is 1. The molecule has 0 bridgehead atoms. The second kappa shape index (κ2) is 10.8. The summed E-state index contributed by atoms with van der Waals surface area (Å²) in [5.74, 6) is 2.10. The third-order valence-corrected chi connectivity index (χ3v) is 6.27. The second-order valence-electron chi connectivity index (χ2n) is 9.24. The Bertz CT molecular complexity index is 1110. The topological polar surface area (TPSA) is 58.6 Å². The number of aryl methyl sites for hydroxylation is 2. The van der Waals surface area contributed by atoms with Gasteiger partial charge in [0.2, 0.25) is 5.91 Å². The van der Waals surface area contributed by atoms with Gasteiger partial charge in [0.15, 0.2) is 5.82 Å². The fourth-order valence-electron chi connectivity index (χ4n) is 4.40. The summed E-state index contributed by atoms with van der Waals surface area (Å²) in [5, 5.41) is 0. The summed E-state index contributed by atoms with van der Waals surface area (Å²) in [4.78, 5) is 26.7. The van der Waals surface area contributed by atoms with E-state index in [4.69, 9.17) is 14.7 Å². The van der Waals surface area contributed by atoms with E-state index in [2.05, 4.69) is 56.9 Å². The van der Waals surface area contributed by atoms with Crippen molar-refractivity contribution in [3.8, 4) is 11.4 Å². The number of ether oxygens (including phenoxy) is 1. The maximum atomic E-state index is 12.7. The number of aromatic nitrogens is 2. The lowest BCUT2D eigenvalue weighted by atomic mass is 10.0. The summed E-state index contributed by atoms with van der Waals surface area (Å²) in [6, 6.07) is 18.3. The number of hydrogen-bond donors (Lipinski definition) is 0. The fourth-order valence-corrected chi connectivity index (χ4v) is 4.40. The van der Waals surface area contributed by atoms with Crippen LogP contribution < -0.4 is 4.90 Å². The van der Waals surface area contributed by atoms with E-state index in [-0.39, 0.29) is 12.5 Å². The number of benzene rings is 2. The monoisotopic (exact) mass is 458 g/mol. The first-order valence-electron chi connectivity index (χ1n) is 12.0. The number of carbonyl (C=O) groups is 1. The SMILES string of the molecule is Cc1ccc(-c2nc(C)c(C(C)C)c(N3CCN(C(=O)COCc4ccccc4)CC3)n2)cc1. The molecule has 0 saturated carbocycles. The lowest BCUT2D eigenvalue weighted by Crippen LogP contribution is -2.50. The van der Waals surface area contributed by atoms with Gasteiger partial charge in [-0.05, 0) is 25.3 Å². The Labute approximate surface area is 202 Å². The van der Waals surface area contributed by atoms with Crippen LogP contribution in [0.3, 0.4) is 0 Å². The number of anilines is 1. The molecule has 3 aromatic rings. The van der Waals surface area contributed by atoms with Crippen LogP contribution in [0.25, 0.3) is 11.4 Å². The minimum atomic E-state index is 0.0406. The van der Waals surface area contributed by atoms with E-state index >= 15 is 0 Å². The number of hydrogen-bond acceptors (Lipinski definition) is 5. The molecule has 2 heterocycles. The van der Waals surface area contributed by atoms with Crippen LogP contribution in [0, 0.1) is 13.8 Å². The Morgan fingerprint density at radius 3 is 2.26 bits per heavy atom.